The topological polar surface area (TPSA) is 44.5 Å². The van der Waals surface area contributed by atoms with Crippen LogP contribution in [0.2, 0.25) is 0 Å². The maximum absolute atomic E-state index is 6.29. The second-order valence-corrected chi connectivity index (χ2v) is 5.84. The van der Waals surface area contributed by atoms with Gasteiger partial charge < -0.3 is 15.2 Å². The Morgan fingerprint density at radius 2 is 1.83 bits per heavy atom. The number of fused-ring (bicyclic) bond motifs is 1. The second-order valence-electron chi connectivity index (χ2n) is 5.84. The quantitative estimate of drug-likeness (QED) is 0.874. The lowest BCUT2D eigenvalue weighted by Crippen LogP contribution is -2.13. The highest BCUT2D eigenvalue weighted by molar-refractivity contribution is 5.44. The molecule has 0 amide bonds. The standard InChI is InChI=1S/C15H21NO2/c1-9-7-17-13-4-3-11(6-14(13)18-8-9)15(16)12-5-10(12)2/h3-4,6,9-10,12,15H,5,7-8,16H2,1-2H3. The summed E-state index contributed by atoms with van der Waals surface area (Å²) in [6, 6.07) is 6.27. The molecular weight excluding hydrogens is 226 g/mol. The van der Waals surface area contributed by atoms with Gasteiger partial charge in [-0.25, -0.2) is 0 Å². The molecule has 4 atom stereocenters. The lowest BCUT2D eigenvalue weighted by molar-refractivity contribution is 0.228. The third-order valence-corrected chi connectivity index (χ3v) is 4.03. The van der Waals surface area contributed by atoms with Crippen LogP contribution in [-0.4, -0.2) is 13.2 Å². The van der Waals surface area contributed by atoms with Crippen LogP contribution in [0.4, 0.5) is 0 Å². The molecule has 3 rings (SSSR count). The van der Waals surface area contributed by atoms with Crippen LogP contribution >= 0.6 is 0 Å². The third kappa shape index (κ3) is 2.19. The molecule has 18 heavy (non-hydrogen) atoms. The second kappa shape index (κ2) is 4.47. The number of hydrogen-bond donors (Lipinski definition) is 1. The molecule has 4 unspecified atom stereocenters. The third-order valence-electron chi connectivity index (χ3n) is 4.03. The van der Waals surface area contributed by atoms with Crippen molar-refractivity contribution in [2.75, 3.05) is 13.2 Å². The summed E-state index contributed by atoms with van der Waals surface area (Å²) < 4.78 is 11.5. The molecule has 0 radical (unpaired) electrons. The van der Waals surface area contributed by atoms with Gasteiger partial charge in [-0.05, 0) is 36.0 Å². The highest BCUT2D eigenvalue weighted by atomic mass is 16.5. The molecule has 1 fully saturated rings. The first-order chi connectivity index (χ1) is 8.65. The Morgan fingerprint density at radius 3 is 2.50 bits per heavy atom. The van der Waals surface area contributed by atoms with Crippen LogP contribution in [0.3, 0.4) is 0 Å². The molecule has 0 bridgehead atoms. The smallest absolute Gasteiger partial charge is 0.161 e. The number of nitrogens with two attached hydrogens (primary N) is 1. The van der Waals surface area contributed by atoms with Gasteiger partial charge in [0.15, 0.2) is 11.5 Å². The van der Waals surface area contributed by atoms with E-state index < -0.39 is 0 Å². The molecule has 1 aromatic carbocycles. The SMILES string of the molecule is CC1COc2ccc(C(N)C3CC3C)cc2OC1. The van der Waals surface area contributed by atoms with Gasteiger partial charge in [0, 0.05) is 12.0 Å². The van der Waals surface area contributed by atoms with E-state index in [0.29, 0.717) is 18.4 Å². The highest BCUT2D eigenvalue weighted by Crippen LogP contribution is 2.46. The average Bonchev–Trinajstić information content (AvgIpc) is 3.12. The number of benzene rings is 1. The van der Waals surface area contributed by atoms with E-state index in [1.165, 1.54) is 12.0 Å². The highest BCUT2D eigenvalue weighted by Gasteiger charge is 2.38. The Kier molecular flexibility index (Phi) is 2.94. The van der Waals surface area contributed by atoms with E-state index in [1.54, 1.807) is 0 Å². The largest absolute Gasteiger partial charge is 0.489 e. The van der Waals surface area contributed by atoms with E-state index in [0.717, 1.165) is 24.0 Å². The zero-order chi connectivity index (χ0) is 12.7. The van der Waals surface area contributed by atoms with Crippen molar-refractivity contribution in [2.45, 2.75) is 26.3 Å². The van der Waals surface area contributed by atoms with E-state index in [4.69, 9.17) is 15.2 Å². The molecule has 3 heteroatoms. The summed E-state index contributed by atoms with van der Waals surface area (Å²) in [4.78, 5) is 0. The zero-order valence-electron chi connectivity index (χ0n) is 11.1. The van der Waals surface area contributed by atoms with Crippen LogP contribution in [0.15, 0.2) is 18.2 Å². The molecule has 1 heterocycles. The fourth-order valence-electron chi connectivity index (χ4n) is 2.57. The van der Waals surface area contributed by atoms with Crippen molar-refractivity contribution in [3.8, 4) is 11.5 Å². The Balaban J connectivity index is 1.82. The fraction of sp³-hybridized carbons (Fsp3) is 0.600. The molecule has 1 saturated carbocycles. The van der Waals surface area contributed by atoms with Crippen molar-refractivity contribution in [1.29, 1.82) is 0 Å². The Bertz CT molecular complexity index is 446. The Labute approximate surface area is 108 Å². The van der Waals surface area contributed by atoms with Crippen molar-refractivity contribution in [1.82, 2.24) is 0 Å². The van der Waals surface area contributed by atoms with Gasteiger partial charge in [-0.15, -0.1) is 0 Å². The van der Waals surface area contributed by atoms with Crippen molar-refractivity contribution in [3.05, 3.63) is 23.8 Å². The van der Waals surface area contributed by atoms with Crippen molar-refractivity contribution in [3.63, 3.8) is 0 Å². The molecule has 0 spiro atoms. The summed E-state index contributed by atoms with van der Waals surface area (Å²) in [5.74, 6) is 3.52. The van der Waals surface area contributed by atoms with Gasteiger partial charge in [0.05, 0.1) is 13.2 Å². The van der Waals surface area contributed by atoms with Gasteiger partial charge in [-0.1, -0.05) is 19.9 Å². The van der Waals surface area contributed by atoms with Crippen LogP contribution in [0.1, 0.15) is 31.9 Å². The van der Waals surface area contributed by atoms with Gasteiger partial charge >= 0.3 is 0 Å². The summed E-state index contributed by atoms with van der Waals surface area (Å²) >= 11 is 0. The molecule has 2 N–H and O–H groups in total. The van der Waals surface area contributed by atoms with Gasteiger partial charge in [0.1, 0.15) is 0 Å². The van der Waals surface area contributed by atoms with Crippen molar-refractivity contribution < 1.29 is 9.47 Å². The summed E-state index contributed by atoms with van der Waals surface area (Å²) in [5, 5.41) is 0. The number of rotatable bonds is 2. The summed E-state index contributed by atoms with van der Waals surface area (Å²) in [7, 11) is 0. The molecule has 2 aliphatic rings. The van der Waals surface area contributed by atoms with Gasteiger partial charge in [-0.3, -0.25) is 0 Å². The van der Waals surface area contributed by atoms with Crippen molar-refractivity contribution in [2.24, 2.45) is 23.5 Å². The fourth-order valence-corrected chi connectivity index (χ4v) is 2.57. The van der Waals surface area contributed by atoms with Crippen LogP contribution in [0.25, 0.3) is 0 Å². The van der Waals surface area contributed by atoms with E-state index in [9.17, 15) is 0 Å². The van der Waals surface area contributed by atoms with Crippen molar-refractivity contribution >= 4 is 0 Å². The van der Waals surface area contributed by atoms with Crippen LogP contribution in [0.5, 0.6) is 11.5 Å². The average molecular weight is 247 g/mol. The maximum atomic E-state index is 6.29. The lowest BCUT2D eigenvalue weighted by atomic mass is 10.0. The number of ether oxygens (including phenoxy) is 2. The first-order valence-corrected chi connectivity index (χ1v) is 6.80. The van der Waals surface area contributed by atoms with Crippen LogP contribution < -0.4 is 15.2 Å². The molecule has 1 aliphatic carbocycles. The van der Waals surface area contributed by atoms with Gasteiger partial charge in [-0.2, -0.15) is 0 Å². The van der Waals surface area contributed by atoms with E-state index in [1.807, 2.05) is 6.07 Å². The number of hydrogen-bond acceptors (Lipinski definition) is 3. The molecule has 1 aromatic rings. The minimum absolute atomic E-state index is 0.134. The monoisotopic (exact) mass is 247 g/mol. The minimum atomic E-state index is 0.134. The summed E-state index contributed by atoms with van der Waals surface area (Å²) in [5.41, 5.74) is 7.46. The van der Waals surface area contributed by atoms with Crippen LogP contribution in [-0.2, 0) is 0 Å². The molecule has 98 valence electrons. The van der Waals surface area contributed by atoms with Gasteiger partial charge in [0.2, 0.25) is 0 Å². The first kappa shape index (κ1) is 11.8. The normalized spacial score (nSPS) is 31.6. The van der Waals surface area contributed by atoms with E-state index in [2.05, 4.69) is 26.0 Å². The van der Waals surface area contributed by atoms with Crippen LogP contribution in [0, 0.1) is 17.8 Å². The van der Waals surface area contributed by atoms with E-state index >= 15 is 0 Å². The van der Waals surface area contributed by atoms with Gasteiger partial charge in [0.25, 0.3) is 0 Å². The van der Waals surface area contributed by atoms with E-state index in [-0.39, 0.29) is 6.04 Å². The predicted octanol–water partition coefficient (Wildman–Crippen LogP) is 2.75. The maximum Gasteiger partial charge on any atom is 0.161 e. The minimum Gasteiger partial charge on any atom is -0.489 e. The molecular formula is C15H21NO2. The summed E-state index contributed by atoms with van der Waals surface area (Å²) in [6.45, 7) is 5.82. The summed E-state index contributed by atoms with van der Waals surface area (Å²) in [6.07, 6.45) is 1.24. The zero-order valence-corrected chi connectivity index (χ0v) is 11.1. The first-order valence-electron chi connectivity index (χ1n) is 6.80. The predicted molar refractivity (Wildman–Crippen MR) is 70.8 cm³/mol. The molecule has 0 aromatic heterocycles. The molecule has 0 saturated heterocycles. The molecule has 1 aliphatic heterocycles. The molecule has 3 nitrogen and oxygen atoms in total. The Hall–Kier alpha value is -1.22. The lowest BCUT2D eigenvalue weighted by Gasteiger charge is -2.14. The Morgan fingerprint density at radius 1 is 1.17 bits per heavy atom.